The number of rotatable bonds is 8. The van der Waals surface area contributed by atoms with Crippen LogP contribution in [-0.2, 0) is 33.3 Å². The van der Waals surface area contributed by atoms with E-state index in [1.54, 1.807) is 32.2 Å². The molecule has 1 aliphatic carbocycles. The molecule has 2 fully saturated rings. The van der Waals surface area contributed by atoms with Gasteiger partial charge >= 0.3 is 11.9 Å². The quantitative estimate of drug-likeness (QED) is 0.260. The smallest absolute Gasteiger partial charge is 0.320 e. The van der Waals surface area contributed by atoms with Crippen LogP contribution in [0.4, 0.5) is 0 Å². The number of hydrogen-bond donors (Lipinski definition) is 1. The van der Waals surface area contributed by atoms with Crippen molar-refractivity contribution in [2.75, 3.05) is 7.11 Å². The molecule has 0 radical (unpaired) electrons. The van der Waals surface area contributed by atoms with E-state index in [1.165, 1.54) is 0 Å². The molecule has 3 aliphatic rings. The van der Waals surface area contributed by atoms with E-state index in [4.69, 9.17) is 18.9 Å². The lowest BCUT2D eigenvalue weighted by atomic mass is 9.55. The summed E-state index contributed by atoms with van der Waals surface area (Å²) in [5, 5.41) is 9.92. The van der Waals surface area contributed by atoms with Crippen LogP contribution in [0.2, 0.25) is 0 Å². The molecule has 0 aromatic heterocycles. The van der Waals surface area contributed by atoms with Gasteiger partial charge in [-0.1, -0.05) is 58.9 Å². The van der Waals surface area contributed by atoms with Crippen molar-refractivity contribution in [2.24, 2.45) is 29.1 Å². The maximum Gasteiger partial charge on any atom is 0.320 e. The van der Waals surface area contributed by atoms with Crippen LogP contribution < -0.4 is 0 Å². The third-order valence-electron chi connectivity index (χ3n) is 9.25. The van der Waals surface area contributed by atoms with Gasteiger partial charge in [0, 0.05) is 18.9 Å². The second-order valence-electron chi connectivity index (χ2n) is 12.7. The first-order valence-electron chi connectivity index (χ1n) is 14.4. The average Bonchev–Trinajstić information content (AvgIpc) is 3.20. The molecule has 4 rings (SSSR count). The van der Waals surface area contributed by atoms with Gasteiger partial charge in [-0.3, -0.25) is 14.4 Å². The summed E-state index contributed by atoms with van der Waals surface area (Å²) in [5.41, 5.74) is -0.816. The predicted molar refractivity (Wildman–Crippen MR) is 148 cm³/mol. The Bertz CT molecular complexity index is 1140. The van der Waals surface area contributed by atoms with Gasteiger partial charge in [0.15, 0.2) is 5.78 Å². The first-order valence-corrected chi connectivity index (χ1v) is 14.4. The molecule has 1 spiro atoms. The highest BCUT2D eigenvalue weighted by atomic mass is 16.6. The molecule has 220 valence electrons. The van der Waals surface area contributed by atoms with Gasteiger partial charge in [-0.2, -0.15) is 0 Å². The molecule has 2 unspecified atom stereocenters. The third-order valence-corrected chi connectivity index (χ3v) is 9.25. The van der Waals surface area contributed by atoms with Gasteiger partial charge in [0.2, 0.25) is 0 Å². The van der Waals surface area contributed by atoms with Crippen molar-refractivity contribution in [3.63, 3.8) is 0 Å². The van der Waals surface area contributed by atoms with E-state index >= 15 is 0 Å². The van der Waals surface area contributed by atoms with Gasteiger partial charge in [0.25, 0.3) is 0 Å². The molecule has 0 amide bonds. The van der Waals surface area contributed by atoms with Gasteiger partial charge in [-0.15, -0.1) is 0 Å². The largest absolute Gasteiger partial charge is 0.508 e. The topological polar surface area (TPSA) is 108 Å². The summed E-state index contributed by atoms with van der Waals surface area (Å²) in [6.07, 6.45) is 4.29. The van der Waals surface area contributed by atoms with Crippen molar-refractivity contribution >= 4 is 17.7 Å². The maximum atomic E-state index is 13.8. The van der Waals surface area contributed by atoms with Crippen molar-refractivity contribution < 1.29 is 38.4 Å². The van der Waals surface area contributed by atoms with Gasteiger partial charge in [-0.05, 0) is 55.2 Å². The van der Waals surface area contributed by atoms with E-state index in [9.17, 15) is 19.5 Å². The first kappa shape index (κ1) is 30.3. The van der Waals surface area contributed by atoms with Crippen LogP contribution >= 0.6 is 0 Å². The van der Waals surface area contributed by atoms with E-state index in [0.29, 0.717) is 12.8 Å². The van der Waals surface area contributed by atoms with E-state index in [0.717, 1.165) is 12.0 Å². The molecule has 0 bridgehead atoms. The molecule has 1 aromatic rings. The average molecular weight is 557 g/mol. The van der Waals surface area contributed by atoms with Crippen LogP contribution in [-0.4, -0.2) is 53.9 Å². The van der Waals surface area contributed by atoms with Crippen LogP contribution in [0.15, 0.2) is 36.4 Å². The van der Waals surface area contributed by atoms with Crippen molar-refractivity contribution in [1.82, 2.24) is 0 Å². The number of benzene rings is 1. The summed E-state index contributed by atoms with van der Waals surface area (Å²) in [4.78, 5) is 39.2. The fourth-order valence-corrected chi connectivity index (χ4v) is 6.90. The Morgan fingerprint density at radius 3 is 2.52 bits per heavy atom. The number of hydrogen-bond acceptors (Lipinski definition) is 8. The minimum atomic E-state index is -1.18. The molecule has 1 N–H and O–H groups in total. The number of Topliss-reactive ketones (excluding diaryl/α,β-unsaturated/α-hetero) is 1. The zero-order valence-electron chi connectivity index (χ0n) is 24.7. The van der Waals surface area contributed by atoms with Crippen molar-refractivity contribution in [2.45, 2.75) is 97.2 Å². The fourth-order valence-electron chi connectivity index (χ4n) is 6.90. The van der Waals surface area contributed by atoms with E-state index < -0.39 is 41.1 Å². The Balaban J connectivity index is 1.58. The maximum absolute atomic E-state index is 13.8. The van der Waals surface area contributed by atoms with Gasteiger partial charge in [0.1, 0.15) is 29.5 Å². The zero-order valence-corrected chi connectivity index (χ0v) is 24.7. The Morgan fingerprint density at radius 2 is 1.90 bits per heavy atom. The Labute approximate surface area is 237 Å². The number of methoxy groups -OCH3 is 1. The molecular weight excluding hydrogens is 512 g/mol. The number of esters is 2. The van der Waals surface area contributed by atoms with E-state index in [1.807, 2.05) is 32.9 Å². The second-order valence-corrected chi connectivity index (χ2v) is 12.7. The second kappa shape index (κ2) is 11.6. The lowest BCUT2D eigenvalue weighted by Crippen LogP contribution is -2.65. The van der Waals surface area contributed by atoms with Crippen molar-refractivity contribution in [1.29, 1.82) is 0 Å². The summed E-state index contributed by atoms with van der Waals surface area (Å²) in [6, 6.07) is 7.09. The first-order chi connectivity index (χ1) is 18.8. The monoisotopic (exact) mass is 556 g/mol. The minimum Gasteiger partial charge on any atom is -0.508 e. The van der Waals surface area contributed by atoms with E-state index in [-0.39, 0.29) is 47.9 Å². The molecule has 1 saturated carbocycles. The number of phenolic OH excluding ortho intramolecular Hbond substituents is 1. The van der Waals surface area contributed by atoms with Gasteiger partial charge in [-0.25, -0.2) is 0 Å². The van der Waals surface area contributed by atoms with Crippen LogP contribution in [0.3, 0.4) is 0 Å². The normalized spacial score (nSPS) is 34.9. The molecule has 8 heteroatoms. The lowest BCUT2D eigenvalue weighted by Gasteiger charge is -2.56. The van der Waals surface area contributed by atoms with E-state index in [2.05, 4.69) is 19.9 Å². The lowest BCUT2D eigenvalue weighted by molar-refractivity contribution is -0.218. The van der Waals surface area contributed by atoms with Crippen LogP contribution in [0, 0.1) is 29.1 Å². The number of carbonyl (C=O) groups excluding carboxylic acids is 3. The molecule has 40 heavy (non-hydrogen) atoms. The highest BCUT2D eigenvalue weighted by Crippen LogP contribution is 2.54. The molecular formula is C32H44O8. The van der Waals surface area contributed by atoms with Crippen LogP contribution in [0.5, 0.6) is 5.75 Å². The summed E-state index contributed by atoms with van der Waals surface area (Å²) in [6.45, 7) is 11.8. The molecule has 2 heterocycles. The molecule has 2 aliphatic heterocycles. The number of aromatic hydroxyl groups is 1. The van der Waals surface area contributed by atoms with Gasteiger partial charge < -0.3 is 24.1 Å². The standard InChI is InChI=1S/C32H44O8/c1-18(11-12-24(37-7)22-9-8-10-23(33)15-22)29-19(2)13-14-32(40-29)27(28(35)20(3)17-31(32,5)6)30(36)39-25-16-26(34)38-21(25)4/h8-10,13-15,18-21,24-25,27,29,33H,11-12,16-17H2,1-7H3/t18-,19-,20+,21+,24-,25?,27?,29+,32+/m0/s1. The molecule has 1 saturated heterocycles. The van der Waals surface area contributed by atoms with Crippen molar-refractivity contribution in [3.8, 4) is 5.75 Å². The summed E-state index contributed by atoms with van der Waals surface area (Å²) < 4.78 is 23.7. The molecule has 9 atom stereocenters. The third kappa shape index (κ3) is 5.70. The predicted octanol–water partition coefficient (Wildman–Crippen LogP) is 5.32. The number of ether oxygens (including phenoxy) is 4. The highest BCUT2D eigenvalue weighted by molar-refractivity contribution is 6.03. The zero-order chi connectivity index (χ0) is 29.4. The number of ketones is 1. The highest BCUT2D eigenvalue weighted by Gasteiger charge is 2.63. The fraction of sp³-hybridized carbons (Fsp3) is 0.656. The molecule has 1 aromatic carbocycles. The summed E-state index contributed by atoms with van der Waals surface area (Å²) in [7, 11) is 1.66. The molecule has 8 nitrogen and oxygen atoms in total. The van der Waals surface area contributed by atoms with Crippen molar-refractivity contribution in [3.05, 3.63) is 42.0 Å². The Kier molecular flexibility index (Phi) is 8.81. The number of phenols is 1. The van der Waals surface area contributed by atoms with Crippen LogP contribution in [0.25, 0.3) is 0 Å². The van der Waals surface area contributed by atoms with Gasteiger partial charge in [0.05, 0.1) is 18.6 Å². The Hall–Kier alpha value is -2.71. The summed E-state index contributed by atoms with van der Waals surface area (Å²) >= 11 is 0. The minimum absolute atomic E-state index is 0.0208. The number of carbonyl (C=O) groups is 3. The summed E-state index contributed by atoms with van der Waals surface area (Å²) in [5.74, 6) is -2.42. The SMILES string of the molecule is CO[C@@H](CC[C@H](C)[C@H]1O[C@]2(C=C[C@@H]1C)C(C(=O)OC1CC(=O)O[C@@H]1C)C(=O)[C@H](C)CC2(C)C)c1cccc(O)c1. The Morgan fingerprint density at radius 1 is 1.18 bits per heavy atom. The number of cyclic esters (lactones) is 1. The van der Waals surface area contributed by atoms with Crippen LogP contribution in [0.1, 0.15) is 78.9 Å².